The van der Waals surface area contributed by atoms with Gasteiger partial charge in [-0.1, -0.05) is 0 Å². The molecule has 5 fully saturated rings. The summed E-state index contributed by atoms with van der Waals surface area (Å²) in [5, 5.41) is 0. The summed E-state index contributed by atoms with van der Waals surface area (Å²) in [7, 11) is 0. The van der Waals surface area contributed by atoms with Gasteiger partial charge in [0.15, 0.2) is 0 Å². The van der Waals surface area contributed by atoms with Crippen molar-refractivity contribution in [3.63, 3.8) is 0 Å². The molecule has 0 aromatic carbocycles. The number of rotatable bonds is 2. The van der Waals surface area contributed by atoms with Crippen LogP contribution in [0, 0.1) is 29.6 Å². The quantitative estimate of drug-likeness (QED) is 0.827. The molecule has 0 aromatic heterocycles. The number of ether oxygens (including phenoxy) is 1. The maximum atomic E-state index is 13.1. The fourth-order valence-electron chi connectivity index (χ4n) is 5.66. The Kier molecular flexibility index (Phi) is 3.26. The molecule has 4 bridgehead atoms. The maximum absolute atomic E-state index is 13.1. The van der Waals surface area contributed by atoms with E-state index < -0.39 is 0 Å². The van der Waals surface area contributed by atoms with E-state index in [-0.39, 0.29) is 6.04 Å². The molecule has 0 spiro atoms. The Bertz CT molecular complexity index is 370. The number of morpholine rings is 1. The first-order valence-corrected chi connectivity index (χ1v) is 8.34. The van der Waals surface area contributed by atoms with Crippen molar-refractivity contribution in [2.75, 3.05) is 26.3 Å². The number of carbonyl (C=O) groups is 1. The van der Waals surface area contributed by atoms with Crippen LogP contribution in [0.3, 0.4) is 0 Å². The van der Waals surface area contributed by atoms with Gasteiger partial charge in [0.1, 0.15) is 0 Å². The van der Waals surface area contributed by atoms with Crippen LogP contribution in [0.25, 0.3) is 0 Å². The van der Waals surface area contributed by atoms with Crippen LogP contribution in [0.2, 0.25) is 0 Å². The summed E-state index contributed by atoms with van der Waals surface area (Å²) in [5.74, 6) is 3.89. The number of carbonyl (C=O) groups excluding carboxylic acids is 1. The third kappa shape index (κ3) is 2.00. The average molecular weight is 278 g/mol. The molecular weight excluding hydrogens is 252 g/mol. The fourth-order valence-corrected chi connectivity index (χ4v) is 5.66. The minimum absolute atomic E-state index is 0.105. The molecule has 0 radical (unpaired) electrons. The van der Waals surface area contributed by atoms with E-state index >= 15 is 0 Å². The van der Waals surface area contributed by atoms with Gasteiger partial charge < -0.3 is 15.4 Å². The zero-order valence-electron chi connectivity index (χ0n) is 12.2. The van der Waals surface area contributed by atoms with E-state index in [4.69, 9.17) is 10.5 Å². The lowest BCUT2D eigenvalue weighted by Crippen LogP contribution is -2.58. The van der Waals surface area contributed by atoms with E-state index in [0.717, 1.165) is 18.4 Å². The van der Waals surface area contributed by atoms with Gasteiger partial charge in [-0.25, -0.2) is 0 Å². The van der Waals surface area contributed by atoms with Crippen LogP contribution >= 0.6 is 0 Å². The van der Waals surface area contributed by atoms with Crippen LogP contribution in [0.1, 0.15) is 32.1 Å². The van der Waals surface area contributed by atoms with Gasteiger partial charge >= 0.3 is 0 Å². The molecule has 4 heteroatoms. The molecule has 1 heterocycles. The zero-order valence-corrected chi connectivity index (χ0v) is 12.2. The second kappa shape index (κ2) is 4.99. The van der Waals surface area contributed by atoms with Crippen LogP contribution in [0.5, 0.6) is 0 Å². The van der Waals surface area contributed by atoms with E-state index in [2.05, 4.69) is 4.90 Å². The molecule has 1 saturated heterocycles. The lowest BCUT2D eigenvalue weighted by molar-refractivity contribution is -0.157. The van der Waals surface area contributed by atoms with Gasteiger partial charge in [0.25, 0.3) is 0 Å². The molecule has 1 amide bonds. The van der Waals surface area contributed by atoms with Crippen LogP contribution < -0.4 is 5.73 Å². The van der Waals surface area contributed by atoms with Crippen LogP contribution in [-0.4, -0.2) is 43.2 Å². The first-order valence-electron chi connectivity index (χ1n) is 8.34. The SMILES string of the molecule is NCC1COCCN1C(=O)C1C2CC3CC(C2)CC1C3. The van der Waals surface area contributed by atoms with Crippen molar-refractivity contribution in [3.8, 4) is 0 Å². The summed E-state index contributed by atoms with van der Waals surface area (Å²) < 4.78 is 5.48. The third-order valence-electron chi connectivity index (χ3n) is 6.29. The number of nitrogens with two attached hydrogens (primary N) is 1. The van der Waals surface area contributed by atoms with Gasteiger partial charge in [-0.2, -0.15) is 0 Å². The van der Waals surface area contributed by atoms with Crippen LogP contribution in [0.4, 0.5) is 0 Å². The molecule has 1 atom stereocenters. The molecule has 2 N–H and O–H groups in total. The fraction of sp³-hybridized carbons (Fsp3) is 0.938. The Morgan fingerprint density at radius 3 is 2.35 bits per heavy atom. The van der Waals surface area contributed by atoms with Crippen molar-refractivity contribution >= 4 is 5.91 Å². The number of hydrogen-bond acceptors (Lipinski definition) is 3. The van der Waals surface area contributed by atoms with Gasteiger partial charge in [-0.05, 0) is 55.8 Å². The van der Waals surface area contributed by atoms with Gasteiger partial charge in [0, 0.05) is 19.0 Å². The Balaban J connectivity index is 1.53. The number of hydrogen-bond donors (Lipinski definition) is 1. The standard InChI is InChI=1S/C16H26N2O2/c17-8-14-9-20-2-1-18(14)16(19)15-12-4-10-3-11(6-12)7-13(15)5-10/h10-15H,1-9,17H2. The van der Waals surface area contributed by atoms with Crippen molar-refractivity contribution in [3.05, 3.63) is 0 Å². The van der Waals surface area contributed by atoms with E-state index in [1.807, 2.05) is 0 Å². The highest BCUT2D eigenvalue weighted by Crippen LogP contribution is 2.56. The second-order valence-electron chi connectivity index (χ2n) is 7.45. The largest absolute Gasteiger partial charge is 0.377 e. The van der Waals surface area contributed by atoms with Crippen molar-refractivity contribution < 1.29 is 9.53 Å². The van der Waals surface area contributed by atoms with Crippen molar-refractivity contribution in [1.29, 1.82) is 0 Å². The Labute approximate surface area is 121 Å². The van der Waals surface area contributed by atoms with E-state index in [1.54, 1.807) is 0 Å². The molecule has 1 unspecified atom stereocenters. The van der Waals surface area contributed by atoms with Crippen LogP contribution in [0.15, 0.2) is 0 Å². The van der Waals surface area contributed by atoms with Gasteiger partial charge in [-0.15, -0.1) is 0 Å². The van der Waals surface area contributed by atoms with Gasteiger partial charge in [0.05, 0.1) is 19.3 Å². The molecule has 112 valence electrons. The zero-order chi connectivity index (χ0) is 13.7. The topological polar surface area (TPSA) is 55.6 Å². The lowest BCUT2D eigenvalue weighted by Gasteiger charge is -2.55. The van der Waals surface area contributed by atoms with Crippen molar-refractivity contribution in [2.45, 2.75) is 38.1 Å². The molecule has 20 heavy (non-hydrogen) atoms. The summed E-state index contributed by atoms with van der Waals surface area (Å²) >= 11 is 0. The molecule has 5 rings (SSSR count). The predicted octanol–water partition coefficient (Wildman–Crippen LogP) is 1.24. The molecule has 4 nitrogen and oxygen atoms in total. The molecule has 5 aliphatic rings. The highest BCUT2D eigenvalue weighted by molar-refractivity contribution is 5.80. The van der Waals surface area contributed by atoms with Gasteiger partial charge in [-0.3, -0.25) is 4.79 Å². The van der Waals surface area contributed by atoms with Crippen LogP contribution in [-0.2, 0) is 9.53 Å². The highest BCUT2D eigenvalue weighted by Gasteiger charge is 2.52. The van der Waals surface area contributed by atoms with Crippen molar-refractivity contribution in [2.24, 2.45) is 35.3 Å². The summed E-state index contributed by atoms with van der Waals surface area (Å²) in [6, 6.07) is 0.105. The molecule has 4 saturated carbocycles. The first-order chi connectivity index (χ1) is 9.76. The summed E-state index contributed by atoms with van der Waals surface area (Å²) in [4.78, 5) is 15.1. The summed E-state index contributed by atoms with van der Waals surface area (Å²) in [6.07, 6.45) is 6.67. The smallest absolute Gasteiger partial charge is 0.226 e. The normalized spacial score (nSPS) is 46.8. The second-order valence-corrected chi connectivity index (χ2v) is 7.45. The Hall–Kier alpha value is -0.610. The van der Waals surface area contributed by atoms with Gasteiger partial charge in [0.2, 0.25) is 5.91 Å². The lowest BCUT2D eigenvalue weighted by atomic mass is 9.51. The molecule has 4 aliphatic carbocycles. The predicted molar refractivity (Wildman–Crippen MR) is 75.9 cm³/mol. The minimum atomic E-state index is 0.105. The summed E-state index contributed by atoms with van der Waals surface area (Å²) in [6.45, 7) is 2.56. The van der Waals surface area contributed by atoms with E-state index in [1.165, 1.54) is 32.1 Å². The highest BCUT2D eigenvalue weighted by atomic mass is 16.5. The average Bonchev–Trinajstić information content (AvgIpc) is 2.46. The minimum Gasteiger partial charge on any atom is -0.377 e. The third-order valence-corrected chi connectivity index (χ3v) is 6.29. The van der Waals surface area contributed by atoms with Crippen molar-refractivity contribution in [1.82, 2.24) is 4.90 Å². The number of nitrogens with zero attached hydrogens (tertiary/aromatic N) is 1. The molecule has 1 aliphatic heterocycles. The van der Waals surface area contributed by atoms with E-state index in [0.29, 0.717) is 43.4 Å². The summed E-state index contributed by atoms with van der Waals surface area (Å²) in [5.41, 5.74) is 5.83. The Morgan fingerprint density at radius 1 is 1.10 bits per heavy atom. The Morgan fingerprint density at radius 2 is 1.75 bits per heavy atom. The van der Waals surface area contributed by atoms with E-state index in [9.17, 15) is 4.79 Å². The molecular formula is C16H26N2O2. The number of amides is 1. The first kappa shape index (κ1) is 13.1. The monoisotopic (exact) mass is 278 g/mol. The maximum Gasteiger partial charge on any atom is 0.226 e. The molecule has 0 aromatic rings.